The number of hydrogen-bond acceptors (Lipinski definition) is 3. The molecule has 0 radical (unpaired) electrons. The van der Waals surface area contributed by atoms with Crippen LogP contribution in [0.1, 0.15) is 17.0 Å². The predicted octanol–water partition coefficient (Wildman–Crippen LogP) is 1.73. The van der Waals surface area contributed by atoms with Gasteiger partial charge in [0.05, 0.1) is 0 Å². The number of rotatable bonds is 2. The number of benzene rings is 1. The molecule has 1 aromatic carbocycles. The van der Waals surface area contributed by atoms with Gasteiger partial charge in [0.25, 0.3) is 0 Å². The van der Waals surface area contributed by atoms with Gasteiger partial charge in [-0.1, -0.05) is 29.8 Å². The van der Waals surface area contributed by atoms with Crippen molar-refractivity contribution >= 4 is 11.5 Å². The molecule has 0 aliphatic carbocycles. The van der Waals surface area contributed by atoms with Crippen molar-refractivity contribution in [1.29, 1.82) is 0 Å². The lowest BCUT2D eigenvalue weighted by Crippen LogP contribution is -1.96. The van der Waals surface area contributed by atoms with E-state index in [0.717, 1.165) is 17.4 Å². The van der Waals surface area contributed by atoms with E-state index in [2.05, 4.69) is 15.4 Å². The van der Waals surface area contributed by atoms with Gasteiger partial charge in [0, 0.05) is 18.0 Å². The number of H-pyrrole nitrogens is 1. The van der Waals surface area contributed by atoms with Gasteiger partial charge in [-0.15, -0.1) is 0 Å². The Bertz CT molecular complexity index is 487. The van der Waals surface area contributed by atoms with Crippen molar-refractivity contribution in [3.8, 4) is 0 Å². The molecular weight excluding hydrogens is 196 g/mol. The van der Waals surface area contributed by atoms with Crippen LogP contribution in [0.4, 0.5) is 0 Å². The molecule has 2 rings (SSSR count). The van der Waals surface area contributed by atoms with Crippen LogP contribution in [0.25, 0.3) is 0 Å². The van der Waals surface area contributed by atoms with Crippen molar-refractivity contribution < 1.29 is 0 Å². The quantitative estimate of drug-likeness (QED) is 0.813. The minimum Gasteiger partial charge on any atom is -0.299 e. The standard InChI is InChI=1S/C10H10N2OS/c1-7-3-2-4-8(5-7)6-9-11-10(13)14-12-9/h2-5H,6H2,1H3,(H,11,12,13). The molecule has 0 aliphatic heterocycles. The lowest BCUT2D eigenvalue weighted by molar-refractivity contribution is 1.02. The molecule has 72 valence electrons. The Kier molecular flexibility index (Phi) is 2.45. The van der Waals surface area contributed by atoms with Gasteiger partial charge < -0.3 is 0 Å². The summed E-state index contributed by atoms with van der Waals surface area (Å²) in [7, 11) is 0. The molecule has 1 aromatic heterocycles. The van der Waals surface area contributed by atoms with E-state index in [-0.39, 0.29) is 4.87 Å². The highest BCUT2D eigenvalue weighted by Crippen LogP contribution is 2.07. The largest absolute Gasteiger partial charge is 0.323 e. The average Bonchev–Trinajstić information content (AvgIpc) is 2.51. The lowest BCUT2D eigenvalue weighted by atomic mass is 10.1. The average molecular weight is 206 g/mol. The van der Waals surface area contributed by atoms with Crippen molar-refractivity contribution in [2.75, 3.05) is 0 Å². The first-order valence-electron chi connectivity index (χ1n) is 4.34. The first-order chi connectivity index (χ1) is 6.74. The van der Waals surface area contributed by atoms with Gasteiger partial charge in [-0.05, 0) is 12.5 Å². The third-order valence-electron chi connectivity index (χ3n) is 1.94. The number of aromatic amines is 1. The van der Waals surface area contributed by atoms with Crippen LogP contribution >= 0.6 is 11.5 Å². The summed E-state index contributed by atoms with van der Waals surface area (Å²) in [5, 5.41) is 0. The minimum atomic E-state index is -0.0901. The van der Waals surface area contributed by atoms with Crippen LogP contribution in [0, 0.1) is 6.92 Å². The van der Waals surface area contributed by atoms with Crippen molar-refractivity contribution in [2.24, 2.45) is 0 Å². The smallest absolute Gasteiger partial charge is 0.299 e. The van der Waals surface area contributed by atoms with E-state index in [0.29, 0.717) is 6.42 Å². The Hall–Kier alpha value is -1.42. The second kappa shape index (κ2) is 3.75. The first kappa shape index (κ1) is 9.15. The zero-order valence-corrected chi connectivity index (χ0v) is 8.60. The van der Waals surface area contributed by atoms with Gasteiger partial charge in [0.15, 0.2) is 0 Å². The second-order valence-electron chi connectivity index (χ2n) is 3.21. The molecule has 3 nitrogen and oxygen atoms in total. The summed E-state index contributed by atoms with van der Waals surface area (Å²) >= 11 is 0.967. The van der Waals surface area contributed by atoms with Crippen LogP contribution in [0.2, 0.25) is 0 Å². The molecule has 0 atom stereocenters. The topological polar surface area (TPSA) is 45.8 Å². The Balaban J connectivity index is 2.22. The third-order valence-corrected chi connectivity index (χ3v) is 2.52. The fourth-order valence-corrected chi connectivity index (χ4v) is 1.82. The zero-order chi connectivity index (χ0) is 9.97. The molecule has 14 heavy (non-hydrogen) atoms. The van der Waals surface area contributed by atoms with E-state index in [9.17, 15) is 4.79 Å². The minimum absolute atomic E-state index is 0.0901. The maximum atomic E-state index is 10.8. The first-order valence-corrected chi connectivity index (χ1v) is 5.12. The van der Waals surface area contributed by atoms with E-state index in [1.54, 1.807) is 0 Å². The number of hydrogen-bond donors (Lipinski definition) is 1. The Labute approximate surface area is 85.6 Å². The van der Waals surface area contributed by atoms with Crippen LogP contribution in [-0.4, -0.2) is 9.36 Å². The maximum Gasteiger partial charge on any atom is 0.323 e. The van der Waals surface area contributed by atoms with E-state index in [1.165, 1.54) is 11.1 Å². The van der Waals surface area contributed by atoms with Crippen molar-refractivity contribution in [3.05, 3.63) is 50.9 Å². The molecule has 0 saturated carbocycles. The van der Waals surface area contributed by atoms with Crippen LogP contribution in [0.3, 0.4) is 0 Å². The molecule has 0 unspecified atom stereocenters. The summed E-state index contributed by atoms with van der Waals surface area (Å²) in [6.45, 7) is 2.05. The number of nitrogens with one attached hydrogen (secondary N) is 1. The van der Waals surface area contributed by atoms with Crippen LogP contribution in [0.5, 0.6) is 0 Å². The van der Waals surface area contributed by atoms with Gasteiger partial charge in [-0.3, -0.25) is 9.78 Å². The molecule has 0 saturated heterocycles. The summed E-state index contributed by atoms with van der Waals surface area (Å²) in [5.74, 6) is 0.741. The van der Waals surface area contributed by atoms with Gasteiger partial charge in [-0.2, -0.15) is 4.37 Å². The van der Waals surface area contributed by atoms with Crippen molar-refractivity contribution in [2.45, 2.75) is 13.3 Å². The maximum absolute atomic E-state index is 10.8. The molecule has 4 heteroatoms. The van der Waals surface area contributed by atoms with Crippen LogP contribution < -0.4 is 4.87 Å². The fraction of sp³-hybridized carbons (Fsp3) is 0.200. The monoisotopic (exact) mass is 206 g/mol. The molecular formula is C10H10N2OS. The lowest BCUT2D eigenvalue weighted by Gasteiger charge is -1.98. The van der Waals surface area contributed by atoms with Gasteiger partial charge in [0.1, 0.15) is 5.82 Å². The fourth-order valence-electron chi connectivity index (χ4n) is 1.35. The summed E-state index contributed by atoms with van der Waals surface area (Å²) in [4.78, 5) is 13.5. The van der Waals surface area contributed by atoms with Crippen molar-refractivity contribution in [3.63, 3.8) is 0 Å². The molecule has 1 heterocycles. The van der Waals surface area contributed by atoms with Crippen LogP contribution in [-0.2, 0) is 6.42 Å². The SMILES string of the molecule is Cc1cccc(Cc2nsc(=O)[nH]2)c1. The van der Waals surface area contributed by atoms with Crippen LogP contribution in [0.15, 0.2) is 29.1 Å². The molecule has 2 aromatic rings. The molecule has 0 aliphatic rings. The van der Waals surface area contributed by atoms with E-state index in [1.807, 2.05) is 25.1 Å². The molecule has 1 N–H and O–H groups in total. The second-order valence-corrected chi connectivity index (χ2v) is 3.94. The Morgan fingerprint density at radius 3 is 3.00 bits per heavy atom. The molecule has 0 bridgehead atoms. The zero-order valence-electron chi connectivity index (χ0n) is 7.78. The van der Waals surface area contributed by atoms with Crippen molar-refractivity contribution in [1.82, 2.24) is 9.36 Å². The molecule has 0 spiro atoms. The van der Waals surface area contributed by atoms with Gasteiger partial charge >= 0.3 is 4.87 Å². The number of nitrogens with zero attached hydrogens (tertiary/aromatic N) is 1. The summed E-state index contributed by atoms with van der Waals surface area (Å²) in [5.41, 5.74) is 2.40. The van der Waals surface area contributed by atoms with Gasteiger partial charge in [-0.25, -0.2) is 0 Å². The Morgan fingerprint density at radius 1 is 1.50 bits per heavy atom. The highest BCUT2D eigenvalue weighted by molar-refractivity contribution is 7.02. The third kappa shape index (κ3) is 2.09. The predicted molar refractivity (Wildman–Crippen MR) is 56.7 cm³/mol. The van der Waals surface area contributed by atoms with E-state index >= 15 is 0 Å². The molecule has 0 fully saturated rings. The highest BCUT2D eigenvalue weighted by atomic mass is 32.1. The molecule has 0 amide bonds. The normalized spacial score (nSPS) is 10.4. The summed E-state index contributed by atoms with van der Waals surface area (Å²) in [6.07, 6.45) is 0.695. The van der Waals surface area contributed by atoms with E-state index in [4.69, 9.17) is 0 Å². The number of aromatic nitrogens is 2. The van der Waals surface area contributed by atoms with E-state index < -0.39 is 0 Å². The summed E-state index contributed by atoms with van der Waals surface area (Å²) < 4.78 is 4.01. The Morgan fingerprint density at radius 2 is 2.36 bits per heavy atom. The highest BCUT2D eigenvalue weighted by Gasteiger charge is 2.00. The summed E-state index contributed by atoms with van der Waals surface area (Å²) in [6, 6.07) is 8.19. The number of aryl methyl sites for hydroxylation is 1. The van der Waals surface area contributed by atoms with Gasteiger partial charge in [0.2, 0.25) is 0 Å².